The van der Waals surface area contributed by atoms with E-state index >= 15 is 0 Å². The highest BCUT2D eigenvalue weighted by Crippen LogP contribution is 2.23. The summed E-state index contributed by atoms with van der Waals surface area (Å²) in [6.45, 7) is 3.63. The maximum Gasteiger partial charge on any atom is 0.262 e. The van der Waals surface area contributed by atoms with Gasteiger partial charge in [0.25, 0.3) is 5.91 Å². The number of hydrogen-bond donors (Lipinski definition) is 1. The van der Waals surface area contributed by atoms with Gasteiger partial charge in [-0.25, -0.2) is 8.42 Å². The van der Waals surface area contributed by atoms with Crippen molar-refractivity contribution >= 4 is 33.6 Å². The number of nitrogens with one attached hydrogen (secondary N) is 1. The standard InChI is InChI=1S/C25H24ClN3O4S/c1-18(2)28-25(30)20(15-27)14-22-12-13-23(33-22)17-29(16-19-8-10-21(26)11-9-19)34(31,32)24-6-4-3-5-7-24/h3-14,18H,16-17H2,1-2H3,(H,28,30)/b20-14-. The Morgan fingerprint density at radius 2 is 1.76 bits per heavy atom. The molecule has 0 saturated heterocycles. The third-order valence-electron chi connectivity index (χ3n) is 4.74. The highest BCUT2D eigenvalue weighted by molar-refractivity contribution is 7.89. The molecule has 0 spiro atoms. The van der Waals surface area contributed by atoms with Crippen LogP contribution in [0, 0.1) is 11.3 Å². The average molecular weight is 498 g/mol. The van der Waals surface area contributed by atoms with Crippen molar-refractivity contribution in [2.75, 3.05) is 0 Å². The Morgan fingerprint density at radius 3 is 2.38 bits per heavy atom. The van der Waals surface area contributed by atoms with Gasteiger partial charge in [0.05, 0.1) is 11.4 Å². The normalized spacial score (nSPS) is 12.1. The Bertz CT molecular complexity index is 1310. The molecular weight excluding hydrogens is 474 g/mol. The SMILES string of the molecule is CC(C)NC(=O)/C(C#N)=C\c1ccc(CN(Cc2ccc(Cl)cc2)S(=O)(=O)c2ccccc2)o1. The zero-order valence-corrected chi connectivity index (χ0v) is 20.3. The van der Waals surface area contributed by atoms with Gasteiger partial charge in [0.1, 0.15) is 23.2 Å². The molecule has 0 saturated carbocycles. The van der Waals surface area contributed by atoms with Crippen molar-refractivity contribution in [1.82, 2.24) is 9.62 Å². The Labute approximate surface area is 204 Å². The minimum atomic E-state index is -3.84. The lowest BCUT2D eigenvalue weighted by atomic mass is 10.2. The Kier molecular flexibility index (Phi) is 8.29. The number of carbonyl (C=O) groups excluding carboxylic acids is 1. The van der Waals surface area contributed by atoms with Crippen molar-refractivity contribution in [3.05, 3.63) is 94.4 Å². The topological polar surface area (TPSA) is 103 Å². The molecule has 176 valence electrons. The zero-order valence-electron chi connectivity index (χ0n) is 18.7. The third kappa shape index (κ3) is 6.58. The van der Waals surface area contributed by atoms with E-state index in [9.17, 15) is 18.5 Å². The molecule has 0 atom stereocenters. The number of rotatable bonds is 9. The number of hydrogen-bond acceptors (Lipinski definition) is 5. The van der Waals surface area contributed by atoms with Crippen molar-refractivity contribution < 1.29 is 17.6 Å². The molecule has 3 aromatic rings. The van der Waals surface area contributed by atoms with Gasteiger partial charge in [-0.3, -0.25) is 4.79 Å². The molecule has 0 radical (unpaired) electrons. The molecule has 0 bridgehead atoms. The summed E-state index contributed by atoms with van der Waals surface area (Å²) in [5, 5.41) is 12.5. The summed E-state index contributed by atoms with van der Waals surface area (Å²) in [7, 11) is -3.84. The molecule has 0 aliphatic carbocycles. The predicted molar refractivity (Wildman–Crippen MR) is 130 cm³/mol. The Hall–Kier alpha value is -3.38. The van der Waals surface area contributed by atoms with Gasteiger partial charge in [-0.15, -0.1) is 0 Å². The van der Waals surface area contributed by atoms with Crippen molar-refractivity contribution in [1.29, 1.82) is 5.26 Å². The molecule has 0 aliphatic heterocycles. The van der Waals surface area contributed by atoms with Crippen molar-refractivity contribution in [3.63, 3.8) is 0 Å². The fourth-order valence-electron chi connectivity index (χ4n) is 3.12. The molecule has 0 aliphatic rings. The average Bonchev–Trinajstić information content (AvgIpc) is 3.25. The molecule has 1 amide bonds. The van der Waals surface area contributed by atoms with E-state index in [0.717, 1.165) is 5.56 Å². The maximum atomic E-state index is 13.4. The van der Waals surface area contributed by atoms with Crippen LogP contribution in [0.5, 0.6) is 0 Å². The second kappa shape index (κ2) is 11.2. The number of sulfonamides is 1. The summed E-state index contributed by atoms with van der Waals surface area (Å²) in [6, 6.07) is 20.0. The molecule has 9 heteroatoms. The van der Waals surface area contributed by atoms with Gasteiger partial charge in [-0.1, -0.05) is 41.9 Å². The quantitative estimate of drug-likeness (QED) is 0.339. The van der Waals surface area contributed by atoms with E-state index in [-0.39, 0.29) is 35.4 Å². The van der Waals surface area contributed by atoms with Gasteiger partial charge in [0.2, 0.25) is 10.0 Å². The Balaban J connectivity index is 1.89. The van der Waals surface area contributed by atoms with Crippen LogP contribution >= 0.6 is 11.6 Å². The van der Waals surface area contributed by atoms with E-state index in [2.05, 4.69) is 5.32 Å². The van der Waals surface area contributed by atoms with Crippen LogP contribution in [-0.2, 0) is 27.9 Å². The zero-order chi connectivity index (χ0) is 24.7. The van der Waals surface area contributed by atoms with Gasteiger partial charge >= 0.3 is 0 Å². The number of furan rings is 1. The summed E-state index contributed by atoms with van der Waals surface area (Å²) in [5.74, 6) is 0.127. The van der Waals surface area contributed by atoms with Crippen LogP contribution < -0.4 is 5.32 Å². The van der Waals surface area contributed by atoms with E-state index in [1.165, 1.54) is 22.5 Å². The van der Waals surface area contributed by atoms with Crippen molar-refractivity contribution in [3.8, 4) is 6.07 Å². The molecule has 2 aromatic carbocycles. The first kappa shape index (κ1) is 25.2. The van der Waals surface area contributed by atoms with Gasteiger partial charge < -0.3 is 9.73 Å². The second-order valence-corrected chi connectivity index (χ2v) is 10.2. The lowest BCUT2D eigenvalue weighted by Gasteiger charge is -2.21. The summed E-state index contributed by atoms with van der Waals surface area (Å²) < 4.78 is 33.8. The van der Waals surface area contributed by atoms with Crippen molar-refractivity contribution in [2.45, 2.75) is 37.9 Å². The summed E-state index contributed by atoms with van der Waals surface area (Å²) in [5.41, 5.74) is 0.650. The molecule has 1 aromatic heterocycles. The first-order valence-electron chi connectivity index (χ1n) is 10.5. The van der Waals surface area contributed by atoms with Crippen LogP contribution in [0.15, 0.2) is 81.6 Å². The van der Waals surface area contributed by atoms with Gasteiger partial charge in [0, 0.05) is 23.7 Å². The second-order valence-electron chi connectivity index (χ2n) is 7.81. The minimum absolute atomic E-state index is 0.0478. The summed E-state index contributed by atoms with van der Waals surface area (Å²) in [4.78, 5) is 12.3. The largest absolute Gasteiger partial charge is 0.460 e. The molecular formula is C25H24ClN3O4S. The lowest BCUT2D eigenvalue weighted by Crippen LogP contribution is -2.30. The number of carbonyl (C=O) groups is 1. The number of halogens is 1. The number of nitrogens with zero attached hydrogens (tertiary/aromatic N) is 2. The first-order valence-corrected chi connectivity index (χ1v) is 12.3. The monoisotopic (exact) mass is 497 g/mol. The fraction of sp³-hybridized carbons (Fsp3) is 0.200. The van der Waals surface area contributed by atoms with E-state index in [4.69, 9.17) is 16.0 Å². The molecule has 1 N–H and O–H groups in total. The van der Waals surface area contributed by atoms with Crippen LogP contribution in [0.1, 0.15) is 30.9 Å². The highest BCUT2D eigenvalue weighted by atomic mass is 35.5. The number of nitriles is 1. The number of amides is 1. The summed E-state index contributed by atoms with van der Waals surface area (Å²) >= 11 is 5.97. The van der Waals surface area contributed by atoms with E-state index in [1.54, 1.807) is 68.4 Å². The van der Waals surface area contributed by atoms with Crippen LogP contribution in [0.2, 0.25) is 5.02 Å². The highest BCUT2D eigenvalue weighted by Gasteiger charge is 2.26. The molecule has 1 heterocycles. The van der Waals surface area contributed by atoms with Crippen LogP contribution in [0.3, 0.4) is 0 Å². The molecule has 34 heavy (non-hydrogen) atoms. The molecule has 7 nitrogen and oxygen atoms in total. The van der Waals surface area contributed by atoms with E-state index in [0.29, 0.717) is 10.8 Å². The van der Waals surface area contributed by atoms with Crippen LogP contribution in [0.25, 0.3) is 6.08 Å². The van der Waals surface area contributed by atoms with Gasteiger partial charge in [-0.2, -0.15) is 9.57 Å². The number of benzene rings is 2. The summed E-state index contributed by atoms with van der Waals surface area (Å²) in [6.07, 6.45) is 1.33. The maximum absolute atomic E-state index is 13.4. The smallest absolute Gasteiger partial charge is 0.262 e. The molecule has 0 unspecified atom stereocenters. The lowest BCUT2D eigenvalue weighted by molar-refractivity contribution is -0.117. The van der Waals surface area contributed by atoms with Crippen molar-refractivity contribution in [2.24, 2.45) is 0 Å². The first-order chi connectivity index (χ1) is 16.2. The Morgan fingerprint density at radius 1 is 1.09 bits per heavy atom. The van der Waals surface area contributed by atoms with Gasteiger partial charge in [0.15, 0.2) is 0 Å². The molecule has 0 fully saturated rings. The molecule has 3 rings (SSSR count). The van der Waals surface area contributed by atoms with Gasteiger partial charge in [-0.05, 0) is 55.8 Å². The van der Waals surface area contributed by atoms with Crippen LogP contribution in [-0.4, -0.2) is 24.7 Å². The van der Waals surface area contributed by atoms with Crippen LogP contribution in [0.4, 0.5) is 0 Å². The van der Waals surface area contributed by atoms with E-state index < -0.39 is 15.9 Å². The minimum Gasteiger partial charge on any atom is -0.460 e. The fourth-order valence-corrected chi connectivity index (χ4v) is 4.66. The van der Waals surface area contributed by atoms with E-state index in [1.807, 2.05) is 6.07 Å². The predicted octanol–water partition coefficient (Wildman–Crippen LogP) is 4.76. The third-order valence-corrected chi connectivity index (χ3v) is 6.80.